The van der Waals surface area contributed by atoms with Gasteiger partial charge >= 0.3 is 6.03 Å². The minimum absolute atomic E-state index is 0.0658. The molecule has 1 fully saturated rings. The summed E-state index contributed by atoms with van der Waals surface area (Å²) in [5.74, 6) is -0.493. The zero-order valence-corrected chi connectivity index (χ0v) is 13.8. The number of aromatic nitrogens is 1. The molecule has 4 N–H and O–H groups in total. The summed E-state index contributed by atoms with van der Waals surface area (Å²) < 4.78 is 18.4. The van der Waals surface area contributed by atoms with Gasteiger partial charge in [-0.25, -0.2) is 9.18 Å². The standard InChI is InChI=1S/C14H13BrFN5O3/c15-9-5-8(3-4-10(9)16)17-13(20-23)12-11(6-24-21-12)19-14(22)18-7-1-2-7/h3-7,23H,1-2H2,(H,17,20)(H2,18,19,22). The van der Waals surface area contributed by atoms with Gasteiger partial charge in [0, 0.05) is 11.7 Å². The van der Waals surface area contributed by atoms with Gasteiger partial charge in [-0.2, -0.15) is 0 Å². The van der Waals surface area contributed by atoms with Crippen molar-refractivity contribution in [1.82, 2.24) is 10.5 Å². The number of nitrogens with zero attached hydrogens (tertiary/aromatic N) is 2. The molecule has 0 bridgehead atoms. The zero-order chi connectivity index (χ0) is 17.1. The maximum atomic E-state index is 13.3. The first-order valence-corrected chi connectivity index (χ1v) is 7.82. The molecule has 0 radical (unpaired) electrons. The molecule has 0 aliphatic heterocycles. The molecule has 1 heterocycles. The first-order valence-electron chi connectivity index (χ1n) is 7.03. The van der Waals surface area contributed by atoms with E-state index < -0.39 is 11.8 Å². The fourth-order valence-corrected chi connectivity index (χ4v) is 2.29. The quantitative estimate of drug-likeness (QED) is 0.274. The summed E-state index contributed by atoms with van der Waals surface area (Å²) in [6.07, 6.45) is 3.12. The van der Waals surface area contributed by atoms with Crippen molar-refractivity contribution in [3.63, 3.8) is 0 Å². The average molecular weight is 398 g/mol. The molecule has 1 aliphatic carbocycles. The molecular formula is C14H13BrFN5O3. The first kappa shape index (κ1) is 16.2. The number of amides is 2. The van der Waals surface area contributed by atoms with E-state index >= 15 is 0 Å². The smallest absolute Gasteiger partial charge is 0.319 e. The second-order valence-electron chi connectivity index (χ2n) is 5.15. The number of amidine groups is 1. The molecule has 0 unspecified atom stereocenters. The summed E-state index contributed by atoms with van der Waals surface area (Å²) in [4.78, 5) is 11.8. The summed E-state index contributed by atoms with van der Waals surface area (Å²) in [5.41, 5.74) is 0.783. The molecule has 1 aromatic carbocycles. The number of benzene rings is 1. The van der Waals surface area contributed by atoms with Crippen LogP contribution in [0.2, 0.25) is 0 Å². The van der Waals surface area contributed by atoms with Crippen LogP contribution in [-0.2, 0) is 0 Å². The Bertz CT molecular complexity index is 790. The molecular weight excluding hydrogens is 385 g/mol. The predicted octanol–water partition coefficient (Wildman–Crippen LogP) is 3.11. The topological polar surface area (TPSA) is 112 Å². The molecule has 8 nitrogen and oxygen atoms in total. The van der Waals surface area contributed by atoms with Gasteiger partial charge in [-0.1, -0.05) is 10.3 Å². The molecule has 1 aromatic heterocycles. The van der Waals surface area contributed by atoms with Gasteiger partial charge in [0.2, 0.25) is 5.84 Å². The van der Waals surface area contributed by atoms with Crippen molar-refractivity contribution in [3.05, 3.63) is 40.4 Å². The molecule has 1 aliphatic rings. The van der Waals surface area contributed by atoms with Gasteiger partial charge in [0.05, 0.1) is 4.47 Å². The highest BCUT2D eigenvalue weighted by atomic mass is 79.9. The van der Waals surface area contributed by atoms with Gasteiger partial charge in [0.1, 0.15) is 17.8 Å². The van der Waals surface area contributed by atoms with Crippen molar-refractivity contribution in [2.24, 2.45) is 5.16 Å². The van der Waals surface area contributed by atoms with Gasteiger partial charge in [-0.05, 0) is 47.0 Å². The summed E-state index contributed by atoms with van der Waals surface area (Å²) in [6, 6.07) is 3.95. The number of hydrogen-bond acceptors (Lipinski definition) is 5. The third-order valence-corrected chi connectivity index (χ3v) is 3.84. The van der Waals surface area contributed by atoms with Crippen LogP contribution in [0.15, 0.2) is 38.6 Å². The predicted molar refractivity (Wildman–Crippen MR) is 87.7 cm³/mol. The summed E-state index contributed by atoms with van der Waals surface area (Å²) >= 11 is 3.07. The van der Waals surface area contributed by atoms with Crippen molar-refractivity contribution in [2.75, 3.05) is 10.6 Å². The van der Waals surface area contributed by atoms with E-state index in [9.17, 15) is 14.4 Å². The van der Waals surface area contributed by atoms with Crippen LogP contribution >= 0.6 is 15.9 Å². The van der Waals surface area contributed by atoms with Crippen LogP contribution < -0.4 is 16.0 Å². The monoisotopic (exact) mass is 397 g/mol. The Labute approximate surface area is 144 Å². The van der Waals surface area contributed by atoms with E-state index in [1.54, 1.807) is 0 Å². The lowest BCUT2D eigenvalue weighted by molar-refractivity contribution is 0.251. The second-order valence-corrected chi connectivity index (χ2v) is 6.01. The van der Waals surface area contributed by atoms with E-state index in [0.29, 0.717) is 5.69 Å². The lowest BCUT2D eigenvalue weighted by atomic mass is 10.2. The van der Waals surface area contributed by atoms with Crippen LogP contribution in [0.5, 0.6) is 0 Å². The van der Waals surface area contributed by atoms with E-state index in [1.165, 1.54) is 24.5 Å². The number of hydrogen-bond donors (Lipinski definition) is 4. The van der Waals surface area contributed by atoms with Crippen molar-refractivity contribution in [1.29, 1.82) is 0 Å². The lowest BCUT2D eigenvalue weighted by Gasteiger charge is -2.09. The van der Waals surface area contributed by atoms with E-state index in [1.807, 2.05) is 0 Å². The Kier molecular flexibility index (Phi) is 4.65. The second kappa shape index (κ2) is 6.87. The summed E-state index contributed by atoms with van der Waals surface area (Å²) in [5, 5.41) is 24.2. The maximum Gasteiger partial charge on any atom is 0.319 e. The van der Waals surface area contributed by atoms with Crippen LogP contribution in [0.3, 0.4) is 0 Å². The van der Waals surface area contributed by atoms with Crippen molar-refractivity contribution < 1.29 is 18.9 Å². The van der Waals surface area contributed by atoms with E-state index in [2.05, 4.69) is 42.2 Å². The van der Waals surface area contributed by atoms with Crippen LogP contribution in [0.25, 0.3) is 0 Å². The number of anilines is 2. The summed E-state index contributed by atoms with van der Waals surface area (Å²) in [6.45, 7) is 0. The minimum Gasteiger partial charge on any atom is -0.409 e. The Morgan fingerprint density at radius 1 is 1.42 bits per heavy atom. The number of carbonyl (C=O) groups excluding carboxylic acids is 1. The van der Waals surface area contributed by atoms with Crippen molar-refractivity contribution in [2.45, 2.75) is 18.9 Å². The average Bonchev–Trinajstić information content (AvgIpc) is 3.25. The van der Waals surface area contributed by atoms with E-state index in [4.69, 9.17) is 4.52 Å². The number of halogens is 2. The van der Waals surface area contributed by atoms with E-state index in [-0.39, 0.29) is 27.7 Å². The van der Waals surface area contributed by atoms with Gasteiger partial charge in [0.25, 0.3) is 0 Å². The number of oxime groups is 1. The van der Waals surface area contributed by atoms with Gasteiger partial charge in [0.15, 0.2) is 5.69 Å². The normalized spacial score (nSPS) is 14.3. The van der Waals surface area contributed by atoms with Crippen LogP contribution in [-0.4, -0.2) is 28.3 Å². The van der Waals surface area contributed by atoms with Crippen LogP contribution in [0, 0.1) is 5.82 Å². The molecule has 2 amide bonds. The molecule has 0 atom stereocenters. The number of nitrogens with one attached hydrogen (secondary N) is 3. The first-order chi connectivity index (χ1) is 11.6. The number of carbonyl (C=O) groups is 1. The maximum absolute atomic E-state index is 13.3. The highest BCUT2D eigenvalue weighted by molar-refractivity contribution is 9.10. The highest BCUT2D eigenvalue weighted by Crippen LogP contribution is 2.22. The third-order valence-electron chi connectivity index (χ3n) is 3.24. The van der Waals surface area contributed by atoms with Crippen LogP contribution in [0.4, 0.5) is 20.6 Å². The minimum atomic E-state index is -0.427. The van der Waals surface area contributed by atoms with Gasteiger partial charge in [-0.15, -0.1) is 0 Å². The van der Waals surface area contributed by atoms with Crippen LogP contribution in [0.1, 0.15) is 18.5 Å². The SMILES string of the molecule is O=C(Nc1conc1/C(=N/O)Nc1ccc(F)c(Br)c1)NC1CC1. The van der Waals surface area contributed by atoms with Gasteiger partial charge < -0.3 is 25.7 Å². The highest BCUT2D eigenvalue weighted by Gasteiger charge is 2.24. The number of urea groups is 1. The Morgan fingerprint density at radius 3 is 2.88 bits per heavy atom. The Morgan fingerprint density at radius 2 is 2.21 bits per heavy atom. The molecule has 1 saturated carbocycles. The van der Waals surface area contributed by atoms with E-state index in [0.717, 1.165) is 12.8 Å². The zero-order valence-electron chi connectivity index (χ0n) is 12.2. The molecule has 2 aromatic rings. The van der Waals surface area contributed by atoms with Gasteiger partial charge in [-0.3, -0.25) is 0 Å². The molecule has 126 valence electrons. The van der Waals surface area contributed by atoms with Crippen molar-refractivity contribution in [3.8, 4) is 0 Å². The molecule has 0 saturated heterocycles. The fourth-order valence-electron chi connectivity index (χ4n) is 1.91. The number of rotatable bonds is 4. The summed E-state index contributed by atoms with van der Waals surface area (Å²) in [7, 11) is 0. The lowest BCUT2D eigenvalue weighted by Crippen LogP contribution is -2.31. The molecule has 10 heteroatoms. The Balaban J connectivity index is 1.74. The molecule has 0 spiro atoms. The fraction of sp³-hybridized carbons (Fsp3) is 0.214. The molecule has 3 rings (SSSR count). The Hall–Kier alpha value is -2.62. The third kappa shape index (κ3) is 3.82. The molecule has 24 heavy (non-hydrogen) atoms. The van der Waals surface area contributed by atoms with Crippen molar-refractivity contribution >= 4 is 39.2 Å². The largest absolute Gasteiger partial charge is 0.409 e.